The van der Waals surface area contributed by atoms with Crippen LogP contribution >= 0.6 is 0 Å². The zero-order valence-corrected chi connectivity index (χ0v) is 11.3. The van der Waals surface area contributed by atoms with Crippen LogP contribution in [0.4, 0.5) is 0 Å². The van der Waals surface area contributed by atoms with Crippen molar-refractivity contribution in [2.45, 2.75) is 20.4 Å². The number of methoxy groups -OCH3 is 1. The van der Waals surface area contributed by atoms with Crippen molar-refractivity contribution in [2.24, 2.45) is 0 Å². The molecule has 0 aliphatic rings. The van der Waals surface area contributed by atoms with Crippen molar-refractivity contribution in [2.75, 3.05) is 14.2 Å². The molecule has 0 unspecified atom stereocenters. The molecule has 0 atom stereocenters. The first kappa shape index (κ1) is 12.6. The molecule has 0 spiro atoms. The molecule has 0 bridgehead atoms. The number of aromatic amines is 1. The number of H-pyrrole nitrogens is 1. The van der Waals surface area contributed by atoms with Crippen LogP contribution in [-0.2, 0) is 6.54 Å². The van der Waals surface area contributed by atoms with E-state index in [0.717, 1.165) is 40.6 Å². The number of ether oxygens (including phenoxy) is 1. The van der Waals surface area contributed by atoms with Crippen LogP contribution < -0.4 is 10.1 Å². The lowest BCUT2D eigenvalue weighted by Gasteiger charge is -2.07. The predicted octanol–water partition coefficient (Wildman–Crippen LogP) is 2.42. The molecule has 0 amide bonds. The zero-order valence-electron chi connectivity index (χ0n) is 11.3. The van der Waals surface area contributed by atoms with Gasteiger partial charge >= 0.3 is 0 Å². The Morgan fingerprint density at radius 1 is 1.33 bits per heavy atom. The second-order valence-electron chi connectivity index (χ2n) is 4.36. The summed E-state index contributed by atoms with van der Waals surface area (Å²) in [5.74, 6) is 1.84. The Bertz CT molecular complexity index is 546. The van der Waals surface area contributed by atoms with Crippen molar-refractivity contribution in [1.29, 1.82) is 0 Å². The molecule has 18 heavy (non-hydrogen) atoms. The quantitative estimate of drug-likeness (QED) is 0.869. The van der Waals surface area contributed by atoms with Crippen LogP contribution in [0.2, 0.25) is 0 Å². The lowest BCUT2D eigenvalue weighted by atomic mass is 10.1. The minimum absolute atomic E-state index is 0.779. The maximum absolute atomic E-state index is 5.28. The summed E-state index contributed by atoms with van der Waals surface area (Å²) in [6.07, 6.45) is 0. The average Bonchev–Trinajstić information content (AvgIpc) is 2.71. The van der Waals surface area contributed by atoms with E-state index in [1.54, 1.807) is 7.11 Å². The highest BCUT2D eigenvalue weighted by Crippen LogP contribution is 2.27. The van der Waals surface area contributed by atoms with Gasteiger partial charge in [0.05, 0.1) is 18.5 Å². The Kier molecular flexibility index (Phi) is 3.67. The van der Waals surface area contributed by atoms with Gasteiger partial charge in [-0.1, -0.05) is 0 Å². The number of aromatic nitrogens is 2. The van der Waals surface area contributed by atoms with Crippen LogP contribution in [0.1, 0.15) is 17.1 Å². The van der Waals surface area contributed by atoms with Crippen LogP contribution in [-0.4, -0.2) is 24.1 Å². The highest BCUT2D eigenvalue weighted by atomic mass is 16.5. The highest BCUT2D eigenvalue weighted by Gasteiger charge is 2.11. The van der Waals surface area contributed by atoms with Gasteiger partial charge in [0.2, 0.25) is 0 Å². The number of hydrogen-bond acceptors (Lipinski definition) is 3. The Morgan fingerprint density at radius 2 is 2.11 bits per heavy atom. The molecule has 4 nitrogen and oxygen atoms in total. The van der Waals surface area contributed by atoms with Crippen molar-refractivity contribution in [3.05, 3.63) is 35.3 Å². The maximum atomic E-state index is 5.28. The van der Waals surface area contributed by atoms with Crippen LogP contribution in [0.5, 0.6) is 5.75 Å². The summed E-state index contributed by atoms with van der Waals surface area (Å²) in [6.45, 7) is 4.79. The van der Waals surface area contributed by atoms with Crippen molar-refractivity contribution in [1.82, 2.24) is 15.3 Å². The first-order valence-electron chi connectivity index (χ1n) is 6.00. The summed E-state index contributed by atoms with van der Waals surface area (Å²) in [4.78, 5) is 7.85. The van der Waals surface area contributed by atoms with Gasteiger partial charge in [0.15, 0.2) is 0 Å². The summed E-state index contributed by atoms with van der Waals surface area (Å²) < 4.78 is 5.28. The Labute approximate surface area is 107 Å². The van der Waals surface area contributed by atoms with E-state index in [4.69, 9.17) is 4.74 Å². The molecule has 1 heterocycles. The zero-order chi connectivity index (χ0) is 13.1. The standard InChI is InChI=1S/C14H19N3O/c1-9-7-11(5-6-13(9)18-4)14-12(8-15-3)16-10(2)17-14/h5-7,15H,8H2,1-4H3,(H,16,17). The molecule has 2 N–H and O–H groups in total. The minimum atomic E-state index is 0.779. The van der Waals surface area contributed by atoms with Gasteiger partial charge in [0, 0.05) is 12.1 Å². The molecule has 0 saturated heterocycles. The lowest BCUT2D eigenvalue weighted by Crippen LogP contribution is -2.06. The molecule has 2 rings (SSSR count). The summed E-state index contributed by atoms with van der Waals surface area (Å²) in [5, 5.41) is 3.15. The summed E-state index contributed by atoms with van der Waals surface area (Å²) >= 11 is 0. The van der Waals surface area contributed by atoms with Gasteiger partial charge in [0.1, 0.15) is 11.6 Å². The third-order valence-electron chi connectivity index (χ3n) is 2.92. The second kappa shape index (κ2) is 5.23. The smallest absolute Gasteiger partial charge is 0.121 e. The molecule has 2 aromatic rings. The fourth-order valence-electron chi connectivity index (χ4n) is 2.11. The first-order valence-corrected chi connectivity index (χ1v) is 6.00. The SMILES string of the molecule is CNCc1[nH]c(C)nc1-c1ccc(OC)c(C)c1. The fraction of sp³-hybridized carbons (Fsp3) is 0.357. The van der Waals surface area contributed by atoms with E-state index in [0.29, 0.717) is 0 Å². The van der Waals surface area contributed by atoms with Crippen molar-refractivity contribution >= 4 is 0 Å². The molecule has 4 heteroatoms. The molecule has 96 valence electrons. The number of benzene rings is 1. The molecule has 1 aromatic carbocycles. The van der Waals surface area contributed by atoms with Crippen LogP contribution in [0.3, 0.4) is 0 Å². The summed E-state index contributed by atoms with van der Waals surface area (Å²) in [6, 6.07) is 6.13. The van der Waals surface area contributed by atoms with E-state index >= 15 is 0 Å². The monoisotopic (exact) mass is 245 g/mol. The van der Waals surface area contributed by atoms with E-state index in [9.17, 15) is 0 Å². The molecule has 0 aliphatic carbocycles. The highest BCUT2D eigenvalue weighted by molar-refractivity contribution is 5.64. The average molecular weight is 245 g/mol. The maximum Gasteiger partial charge on any atom is 0.121 e. The van der Waals surface area contributed by atoms with E-state index in [2.05, 4.69) is 21.4 Å². The molecule has 0 saturated carbocycles. The van der Waals surface area contributed by atoms with E-state index < -0.39 is 0 Å². The van der Waals surface area contributed by atoms with Gasteiger partial charge in [-0.15, -0.1) is 0 Å². The van der Waals surface area contributed by atoms with E-state index in [1.165, 1.54) is 0 Å². The summed E-state index contributed by atoms with van der Waals surface area (Å²) in [7, 11) is 3.62. The Hall–Kier alpha value is -1.81. The van der Waals surface area contributed by atoms with Crippen molar-refractivity contribution < 1.29 is 4.74 Å². The van der Waals surface area contributed by atoms with Gasteiger partial charge < -0.3 is 15.0 Å². The minimum Gasteiger partial charge on any atom is -0.496 e. The molecule has 0 radical (unpaired) electrons. The Morgan fingerprint density at radius 3 is 2.72 bits per heavy atom. The summed E-state index contributed by atoms with van der Waals surface area (Å²) in [5.41, 5.74) is 4.35. The van der Waals surface area contributed by atoms with Gasteiger partial charge in [-0.3, -0.25) is 0 Å². The van der Waals surface area contributed by atoms with Crippen LogP contribution in [0.15, 0.2) is 18.2 Å². The number of nitrogens with zero attached hydrogens (tertiary/aromatic N) is 1. The fourth-order valence-corrected chi connectivity index (χ4v) is 2.11. The van der Waals surface area contributed by atoms with E-state index in [1.807, 2.05) is 33.0 Å². The van der Waals surface area contributed by atoms with Crippen molar-refractivity contribution in [3.8, 4) is 17.0 Å². The van der Waals surface area contributed by atoms with Gasteiger partial charge in [-0.2, -0.15) is 0 Å². The molecular formula is C14H19N3O. The third-order valence-corrected chi connectivity index (χ3v) is 2.92. The second-order valence-corrected chi connectivity index (χ2v) is 4.36. The Balaban J connectivity index is 2.44. The van der Waals surface area contributed by atoms with Gasteiger partial charge in [0.25, 0.3) is 0 Å². The lowest BCUT2D eigenvalue weighted by molar-refractivity contribution is 0.412. The number of aryl methyl sites for hydroxylation is 2. The number of rotatable bonds is 4. The molecule has 0 aliphatic heterocycles. The van der Waals surface area contributed by atoms with Gasteiger partial charge in [-0.05, 0) is 44.7 Å². The van der Waals surface area contributed by atoms with Crippen molar-refractivity contribution in [3.63, 3.8) is 0 Å². The topological polar surface area (TPSA) is 49.9 Å². The van der Waals surface area contributed by atoms with Gasteiger partial charge in [-0.25, -0.2) is 4.98 Å². The number of nitrogens with one attached hydrogen (secondary N) is 2. The van der Waals surface area contributed by atoms with Crippen LogP contribution in [0, 0.1) is 13.8 Å². The largest absolute Gasteiger partial charge is 0.496 e. The third kappa shape index (κ3) is 2.38. The predicted molar refractivity (Wildman–Crippen MR) is 72.8 cm³/mol. The first-order chi connectivity index (χ1) is 8.65. The number of hydrogen-bond donors (Lipinski definition) is 2. The molecule has 1 aromatic heterocycles. The normalized spacial score (nSPS) is 10.7. The van der Waals surface area contributed by atoms with E-state index in [-0.39, 0.29) is 0 Å². The van der Waals surface area contributed by atoms with Crippen LogP contribution in [0.25, 0.3) is 11.3 Å². The molecular weight excluding hydrogens is 226 g/mol. The number of imidazole rings is 1. The molecule has 0 fully saturated rings.